The van der Waals surface area contributed by atoms with Gasteiger partial charge in [-0.05, 0) is 0 Å². The van der Waals surface area contributed by atoms with Crippen LogP contribution in [0.1, 0.15) is 5.56 Å². The number of rotatable bonds is 3. The Labute approximate surface area is 122 Å². The van der Waals surface area contributed by atoms with Gasteiger partial charge in [-0.15, -0.1) is 23.2 Å². The molecule has 0 aliphatic carbocycles. The summed E-state index contributed by atoms with van der Waals surface area (Å²) in [6, 6.07) is 3.28. The molecule has 1 aromatic carbocycles. The molecule has 0 heterocycles. The zero-order chi connectivity index (χ0) is 15.8. The highest BCUT2D eigenvalue weighted by Gasteiger charge is 2.71. The van der Waals surface area contributed by atoms with Crippen molar-refractivity contribution in [3.8, 4) is 0 Å². The van der Waals surface area contributed by atoms with Crippen LogP contribution < -0.4 is 5.19 Å². The fraction of sp³-hybridized carbons (Fsp3) is 0.400. The van der Waals surface area contributed by atoms with E-state index in [-0.39, 0.29) is 0 Å². The minimum Gasteiger partial charge on any atom is -0.369 e. The second kappa shape index (κ2) is 5.74. The van der Waals surface area contributed by atoms with Crippen LogP contribution in [0, 0.1) is 0 Å². The quantitative estimate of drug-likeness (QED) is 0.501. The van der Waals surface area contributed by atoms with E-state index in [1.807, 2.05) is 0 Å². The summed E-state index contributed by atoms with van der Waals surface area (Å²) in [6.07, 6.45) is -11.8. The van der Waals surface area contributed by atoms with Crippen LogP contribution in [0.5, 0.6) is 0 Å². The van der Waals surface area contributed by atoms with E-state index in [4.69, 9.17) is 28.3 Å². The van der Waals surface area contributed by atoms with Crippen molar-refractivity contribution in [3.63, 3.8) is 0 Å². The maximum Gasteiger partial charge on any atom is 0.430 e. The van der Waals surface area contributed by atoms with Crippen LogP contribution in [0.15, 0.2) is 24.3 Å². The lowest BCUT2D eigenvalue weighted by Crippen LogP contribution is -2.54. The first-order valence-corrected chi connectivity index (χ1v) is 7.52. The van der Waals surface area contributed by atoms with E-state index in [0.717, 1.165) is 12.1 Å². The van der Waals surface area contributed by atoms with Crippen molar-refractivity contribution in [3.05, 3.63) is 29.8 Å². The lowest BCUT2D eigenvalue weighted by molar-refractivity contribution is -0.376. The minimum absolute atomic E-state index is 0.482. The first kappa shape index (κ1) is 17.6. The molecule has 1 nitrogen and oxygen atoms in total. The highest BCUT2D eigenvalue weighted by atomic mass is 35.5. The zero-order valence-electron chi connectivity index (χ0n) is 9.56. The maximum atomic E-state index is 12.6. The number of hydrogen-bond donors (Lipinski definition) is 1. The highest BCUT2D eigenvalue weighted by molar-refractivity contribution is 6.75. The molecule has 0 aliphatic rings. The highest BCUT2D eigenvalue weighted by Crippen LogP contribution is 2.49. The zero-order valence-corrected chi connectivity index (χ0v) is 12.5. The third kappa shape index (κ3) is 3.41. The molecule has 0 aromatic heterocycles. The number of alkyl halides is 8. The molecule has 10 heteroatoms. The second-order valence-corrected chi connectivity index (χ2v) is 8.35. The van der Waals surface area contributed by atoms with Crippen molar-refractivity contribution in [2.24, 2.45) is 0 Å². The summed E-state index contributed by atoms with van der Waals surface area (Å²) in [7, 11) is -1.22. The van der Waals surface area contributed by atoms with Gasteiger partial charge in [-0.3, -0.25) is 0 Å². The molecule has 0 amide bonds. The van der Waals surface area contributed by atoms with Gasteiger partial charge >= 0.3 is 12.4 Å². The van der Waals surface area contributed by atoms with Crippen molar-refractivity contribution >= 4 is 37.9 Å². The molecule has 0 radical (unpaired) electrons. The molecule has 1 rings (SSSR count). The van der Waals surface area contributed by atoms with Gasteiger partial charge in [0.2, 0.25) is 0 Å². The molecular formula is C10H8Cl2F6OSi. The largest absolute Gasteiger partial charge is 0.430 e. The first-order chi connectivity index (χ1) is 8.89. The van der Waals surface area contributed by atoms with E-state index in [0.29, 0.717) is 17.3 Å². The van der Waals surface area contributed by atoms with Crippen LogP contribution in [0.4, 0.5) is 26.3 Å². The molecule has 0 unspecified atom stereocenters. The average molecular weight is 357 g/mol. The van der Waals surface area contributed by atoms with Crippen LogP contribution in [-0.2, 0) is 5.60 Å². The predicted molar refractivity (Wildman–Crippen MR) is 66.1 cm³/mol. The molecule has 0 saturated heterocycles. The normalized spacial score (nSPS) is 14.5. The summed E-state index contributed by atoms with van der Waals surface area (Å²) in [6.45, 7) is 0. The molecule has 1 aromatic rings. The van der Waals surface area contributed by atoms with Crippen LogP contribution in [0.25, 0.3) is 0 Å². The summed E-state index contributed by atoms with van der Waals surface area (Å²) in [5.41, 5.74) is -6.20. The van der Waals surface area contributed by atoms with Gasteiger partial charge in [0.25, 0.3) is 5.60 Å². The molecule has 0 saturated carbocycles. The van der Waals surface area contributed by atoms with Gasteiger partial charge in [0.05, 0.1) is 14.0 Å². The van der Waals surface area contributed by atoms with Gasteiger partial charge in [-0.2, -0.15) is 26.3 Å². The Balaban J connectivity index is 3.24. The molecule has 0 aliphatic heterocycles. The molecule has 0 bridgehead atoms. The third-order valence-electron chi connectivity index (χ3n) is 2.58. The smallest absolute Gasteiger partial charge is 0.369 e. The SMILES string of the molecule is OC(c1ccc([SiH2]C(Cl)Cl)cc1)(C(F)(F)F)C(F)(F)F. The predicted octanol–water partition coefficient (Wildman–Crippen LogP) is 2.55. The first-order valence-electron chi connectivity index (χ1n) is 5.13. The van der Waals surface area contributed by atoms with E-state index >= 15 is 0 Å². The fourth-order valence-electron chi connectivity index (χ4n) is 1.55. The monoisotopic (exact) mass is 356 g/mol. The van der Waals surface area contributed by atoms with Gasteiger partial charge in [-0.25, -0.2) is 0 Å². The molecular weight excluding hydrogens is 349 g/mol. The van der Waals surface area contributed by atoms with Gasteiger partial charge in [-0.1, -0.05) is 29.5 Å². The standard InChI is InChI=1S/C10H8Cl2F6OSi/c11-7(12)20-6-3-1-5(2-4-6)8(19,9(13,14)15)10(16,17)18/h1-4,7,19H,20H2. The van der Waals surface area contributed by atoms with E-state index in [2.05, 4.69) is 0 Å². The Hall–Kier alpha value is -0.443. The number of benzene rings is 1. The number of hydrogen-bond acceptors (Lipinski definition) is 1. The fourth-order valence-corrected chi connectivity index (χ4v) is 3.48. The maximum absolute atomic E-state index is 12.6. The Kier molecular flexibility index (Phi) is 5.06. The van der Waals surface area contributed by atoms with Gasteiger partial charge in [0.15, 0.2) is 0 Å². The van der Waals surface area contributed by atoms with Gasteiger partial charge in [0, 0.05) is 5.56 Å². The van der Waals surface area contributed by atoms with Crippen molar-refractivity contribution < 1.29 is 31.4 Å². The minimum atomic E-state index is -5.88. The topological polar surface area (TPSA) is 20.2 Å². The Morgan fingerprint density at radius 1 is 0.900 bits per heavy atom. The van der Waals surface area contributed by atoms with Crippen molar-refractivity contribution in [2.45, 2.75) is 22.4 Å². The summed E-state index contributed by atoms with van der Waals surface area (Å²) in [4.78, 5) is 0. The van der Waals surface area contributed by atoms with E-state index in [1.165, 1.54) is 0 Å². The van der Waals surface area contributed by atoms with Gasteiger partial charge < -0.3 is 5.11 Å². The van der Waals surface area contributed by atoms with E-state index in [9.17, 15) is 26.3 Å². The van der Waals surface area contributed by atoms with Crippen molar-refractivity contribution in [2.75, 3.05) is 0 Å². The lowest BCUT2D eigenvalue weighted by Gasteiger charge is -2.32. The van der Waals surface area contributed by atoms with E-state index < -0.39 is 37.5 Å². The molecule has 0 atom stereocenters. The van der Waals surface area contributed by atoms with Crippen LogP contribution in [0.3, 0.4) is 0 Å². The van der Waals surface area contributed by atoms with Gasteiger partial charge in [0.1, 0.15) is 0 Å². The van der Waals surface area contributed by atoms with Crippen LogP contribution >= 0.6 is 23.2 Å². The van der Waals surface area contributed by atoms with Crippen LogP contribution in [-0.4, -0.2) is 31.4 Å². The van der Waals surface area contributed by atoms with E-state index in [1.54, 1.807) is 0 Å². The summed E-state index contributed by atoms with van der Waals surface area (Å²) in [5, 5.41) is 9.62. The second-order valence-electron chi connectivity index (χ2n) is 4.00. The number of aliphatic hydroxyl groups is 1. The summed E-state index contributed by atoms with van der Waals surface area (Å²) >= 11 is 11.0. The molecule has 20 heavy (non-hydrogen) atoms. The third-order valence-corrected chi connectivity index (χ3v) is 4.76. The summed E-state index contributed by atoms with van der Waals surface area (Å²) in [5.74, 6) is 0. The molecule has 0 fully saturated rings. The Bertz CT molecular complexity index is 442. The molecule has 0 spiro atoms. The average Bonchev–Trinajstić information content (AvgIpc) is 2.25. The lowest BCUT2D eigenvalue weighted by atomic mass is 9.92. The molecule has 114 valence electrons. The Morgan fingerprint density at radius 2 is 1.30 bits per heavy atom. The Morgan fingerprint density at radius 3 is 1.60 bits per heavy atom. The number of halogens is 8. The van der Waals surface area contributed by atoms with Crippen molar-refractivity contribution in [1.82, 2.24) is 0 Å². The van der Waals surface area contributed by atoms with Crippen molar-refractivity contribution in [1.29, 1.82) is 0 Å². The summed E-state index contributed by atoms with van der Waals surface area (Å²) < 4.78 is 74.9. The van der Waals surface area contributed by atoms with Crippen LogP contribution in [0.2, 0.25) is 0 Å². The molecule has 1 N–H and O–H groups in total.